The molecule has 0 aliphatic carbocycles. The number of nitrogens with zero attached hydrogens (tertiary/aromatic N) is 4. The second kappa shape index (κ2) is 8.90. The Morgan fingerprint density at radius 1 is 1.09 bits per heavy atom. The van der Waals surface area contributed by atoms with E-state index < -0.39 is 11.7 Å². The number of esters is 1. The second-order valence-corrected chi connectivity index (χ2v) is 8.45. The summed E-state index contributed by atoms with van der Waals surface area (Å²) in [4.78, 5) is 43.3. The van der Waals surface area contributed by atoms with Crippen LogP contribution in [0.2, 0.25) is 0 Å². The fourth-order valence-corrected chi connectivity index (χ4v) is 3.97. The summed E-state index contributed by atoms with van der Waals surface area (Å²) in [6.45, 7) is 6.45. The molecule has 0 N–H and O–H groups in total. The number of fused-ring (bicyclic) bond motifs is 1. The van der Waals surface area contributed by atoms with Crippen molar-refractivity contribution in [3.05, 3.63) is 92.4 Å². The van der Waals surface area contributed by atoms with E-state index in [9.17, 15) is 14.4 Å². The number of carbonyl (C=O) groups is 1. The van der Waals surface area contributed by atoms with Crippen molar-refractivity contribution in [1.29, 1.82) is 0 Å². The van der Waals surface area contributed by atoms with Crippen LogP contribution in [0, 0.1) is 12.8 Å². The quantitative estimate of drug-likeness (QED) is 0.425. The Bertz CT molecular complexity index is 1460. The lowest BCUT2D eigenvalue weighted by molar-refractivity contribution is 0.0600. The highest BCUT2D eigenvalue weighted by Gasteiger charge is 2.20. The second-order valence-electron chi connectivity index (χ2n) is 8.45. The first-order valence-corrected chi connectivity index (χ1v) is 10.8. The minimum atomic E-state index is -0.431. The van der Waals surface area contributed by atoms with Crippen LogP contribution in [-0.2, 0) is 17.8 Å². The van der Waals surface area contributed by atoms with E-state index in [0.717, 1.165) is 11.1 Å². The molecule has 0 radical (unpaired) electrons. The summed E-state index contributed by atoms with van der Waals surface area (Å²) in [5, 5.41) is 0. The van der Waals surface area contributed by atoms with E-state index in [-0.39, 0.29) is 11.5 Å². The molecule has 4 aromatic rings. The van der Waals surface area contributed by atoms with Crippen molar-refractivity contribution in [2.24, 2.45) is 5.92 Å². The van der Waals surface area contributed by atoms with Gasteiger partial charge in [0.25, 0.3) is 5.56 Å². The van der Waals surface area contributed by atoms with E-state index in [1.807, 2.05) is 51.1 Å². The number of rotatable bonds is 6. The van der Waals surface area contributed by atoms with Crippen LogP contribution in [0.5, 0.6) is 0 Å². The van der Waals surface area contributed by atoms with Gasteiger partial charge in [0.1, 0.15) is 0 Å². The molecule has 2 heterocycles. The number of hydrogen-bond acceptors (Lipinski definition) is 5. The topological polar surface area (TPSA) is 88.1 Å². The maximum absolute atomic E-state index is 13.5. The smallest absolute Gasteiger partial charge is 0.337 e. The van der Waals surface area contributed by atoms with Crippen molar-refractivity contribution in [2.45, 2.75) is 33.9 Å². The Kier molecular flexibility index (Phi) is 6.00. The van der Waals surface area contributed by atoms with Crippen molar-refractivity contribution < 1.29 is 9.53 Å². The SMILES string of the molecule is COC(=O)c1cccc(Cn2cnc3c2c(=O)n(CC(C)C)c(=O)n3-c2ccccc2C)c1. The maximum atomic E-state index is 13.5. The number of aryl methyl sites for hydroxylation is 1. The van der Waals surface area contributed by atoms with Gasteiger partial charge in [-0.25, -0.2) is 19.1 Å². The molecule has 2 aromatic carbocycles. The van der Waals surface area contributed by atoms with E-state index in [1.54, 1.807) is 29.1 Å². The zero-order valence-electron chi connectivity index (χ0n) is 19.1. The van der Waals surface area contributed by atoms with Crippen molar-refractivity contribution in [1.82, 2.24) is 18.7 Å². The van der Waals surface area contributed by atoms with Gasteiger partial charge in [-0.1, -0.05) is 44.2 Å². The fraction of sp³-hybridized carbons (Fsp3) is 0.280. The van der Waals surface area contributed by atoms with Crippen LogP contribution in [0.3, 0.4) is 0 Å². The summed E-state index contributed by atoms with van der Waals surface area (Å²) in [6.07, 6.45) is 1.56. The highest BCUT2D eigenvalue weighted by atomic mass is 16.5. The van der Waals surface area contributed by atoms with Gasteiger partial charge in [0.15, 0.2) is 11.2 Å². The predicted octanol–water partition coefficient (Wildman–Crippen LogP) is 3.15. The van der Waals surface area contributed by atoms with Gasteiger partial charge < -0.3 is 9.30 Å². The summed E-state index contributed by atoms with van der Waals surface area (Å²) in [6, 6.07) is 14.5. The van der Waals surface area contributed by atoms with Crippen molar-refractivity contribution in [3.8, 4) is 5.69 Å². The molecule has 0 amide bonds. The molecule has 0 spiro atoms. The van der Waals surface area contributed by atoms with Gasteiger partial charge in [0.05, 0.1) is 24.7 Å². The molecule has 0 unspecified atom stereocenters. The van der Waals surface area contributed by atoms with Crippen molar-refractivity contribution in [2.75, 3.05) is 7.11 Å². The van der Waals surface area contributed by atoms with Crippen LogP contribution in [0.15, 0.2) is 64.4 Å². The molecule has 0 aliphatic heterocycles. The molecule has 2 aromatic heterocycles. The third-order valence-corrected chi connectivity index (χ3v) is 5.51. The lowest BCUT2D eigenvalue weighted by Crippen LogP contribution is -2.41. The Labute approximate surface area is 190 Å². The molecule has 0 saturated heterocycles. The van der Waals surface area contributed by atoms with E-state index in [0.29, 0.717) is 35.5 Å². The molecule has 0 atom stereocenters. The van der Waals surface area contributed by atoms with E-state index in [4.69, 9.17) is 4.74 Å². The molecule has 8 heteroatoms. The minimum absolute atomic E-state index is 0.103. The minimum Gasteiger partial charge on any atom is -0.465 e. The van der Waals surface area contributed by atoms with Gasteiger partial charge in [-0.15, -0.1) is 0 Å². The maximum Gasteiger partial charge on any atom is 0.337 e. The Hall–Kier alpha value is -3.94. The van der Waals surface area contributed by atoms with Gasteiger partial charge >= 0.3 is 11.7 Å². The van der Waals surface area contributed by atoms with Gasteiger partial charge in [-0.3, -0.25) is 9.36 Å². The Morgan fingerprint density at radius 2 is 1.85 bits per heavy atom. The van der Waals surface area contributed by atoms with Crippen LogP contribution in [0.1, 0.15) is 35.3 Å². The number of methoxy groups -OCH3 is 1. The predicted molar refractivity (Wildman–Crippen MR) is 126 cm³/mol. The molecule has 33 heavy (non-hydrogen) atoms. The third-order valence-electron chi connectivity index (χ3n) is 5.51. The molecule has 170 valence electrons. The summed E-state index contributed by atoms with van der Waals surface area (Å²) >= 11 is 0. The zero-order valence-corrected chi connectivity index (χ0v) is 19.1. The number of benzene rings is 2. The molecule has 0 aliphatic rings. The molecular weight excluding hydrogens is 420 g/mol. The molecule has 0 saturated carbocycles. The summed E-state index contributed by atoms with van der Waals surface area (Å²) in [5.41, 5.74) is 2.67. The molecule has 4 rings (SSSR count). The van der Waals surface area contributed by atoms with Crippen LogP contribution in [-0.4, -0.2) is 31.8 Å². The van der Waals surface area contributed by atoms with Crippen molar-refractivity contribution in [3.63, 3.8) is 0 Å². The zero-order chi connectivity index (χ0) is 23.7. The van der Waals surface area contributed by atoms with Gasteiger partial charge in [0.2, 0.25) is 0 Å². The lowest BCUT2D eigenvalue weighted by Gasteiger charge is -2.15. The van der Waals surface area contributed by atoms with E-state index in [2.05, 4.69) is 4.98 Å². The number of hydrogen-bond donors (Lipinski definition) is 0. The summed E-state index contributed by atoms with van der Waals surface area (Å²) in [7, 11) is 1.33. The number of ether oxygens (including phenoxy) is 1. The number of para-hydroxylation sites is 1. The monoisotopic (exact) mass is 446 g/mol. The summed E-state index contributed by atoms with van der Waals surface area (Å²) in [5.74, 6) is -0.328. The molecule has 0 bridgehead atoms. The molecular formula is C25H26N4O4. The molecule has 8 nitrogen and oxygen atoms in total. The first kappa shape index (κ1) is 22.3. The number of imidazole rings is 1. The van der Waals surface area contributed by atoms with Crippen molar-refractivity contribution >= 4 is 17.1 Å². The highest BCUT2D eigenvalue weighted by molar-refractivity contribution is 5.89. The summed E-state index contributed by atoms with van der Waals surface area (Å²) < 4.78 is 9.32. The number of carbonyl (C=O) groups excluding carboxylic acids is 1. The van der Waals surface area contributed by atoms with Gasteiger partial charge in [-0.05, 0) is 42.2 Å². The standard InChI is InChI=1S/C25H26N4O4/c1-16(2)13-28-23(30)21-22(29(25(28)32)20-11-6-5-8-17(20)3)26-15-27(21)14-18-9-7-10-19(12-18)24(31)33-4/h5-12,15-16H,13-14H2,1-4H3. The lowest BCUT2D eigenvalue weighted by atomic mass is 10.1. The normalized spacial score (nSPS) is 11.3. The Morgan fingerprint density at radius 3 is 2.55 bits per heavy atom. The van der Waals surface area contributed by atoms with Crippen LogP contribution in [0.4, 0.5) is 0 Å². The number of aromatic nitrogens is 4. The van der Waals surface area contributed by atoms with Crippen LogP contribution >= 0.6 is 0 Å². The highest BCUT2D eigenvalue weighted by Crippen LogP contribution is 2.18. The molecule has 0 fully saturated rings. The first-order chi connectivity index (χ1) is 15.8. The average molecular weight is 447 g/mol. The van der Waals surface area contributed by atoms with Gasteiger partial charge in [0, 0.05) is 13.1 Å². The van der Waals surface area contributed by atoms with Gasteiger partial charge in [-0.2, -0.15) is 0 Å². The van der Waals surface area contributed by atoms with E-state index >= 15 is 0 Å². The Balaban J connectivity index is 1.95. The largest absolute Gasteiger partial charge is 0.465 e. The first-order valence-electron chi connectivity index (χ1n) is 10.8. The average Bonchev–Trinajstić information content (AvgIpc) is 3.20. The fourth-order valence-electron chi connectivity index (χ4n) is 3.97. The van der Waals surface area contributed by atoms with E-state index in [1.165, 1.54) is 16.2 Å². The van der Waals surface area contributed by atoms with Crippen LogP contribution in [0.25, 0.3) is 16.9 Å². The van der Waals surface area contributed by atoms with Crippen LogP contribution < -0.4 is 11.2 Å². The third kappa shape index (κ3) is 4.11.